The predicted molar refractivity (Wildman–Crippen MR) is 133 cm³/mol. The molecule has 0 aliphatic heterocycles. The van der Waals surface area contributed by atoms with Crippen molar-refractivity contribution in [2.75, 3.05) is 13.2 Å². The van der Waals surface area contributed by atoms with E-state index < -0.39 is 24.0 Å². The quantitative estimate of drug-likeness (QED) is 0.439. The summed E-state index contributed by atoms with van der Waals surface area (Å²) in [6.07, 6.45) is 2.81. The Bertz CT molecular complexity index is 1040. The molecule has 2 aliphatic rings. The van der Waals surface area contributed by atoms with E-state index in [1.165, 1.54) is 0 Å². The first-order valence-electron chi connectivity index (χ1n) is 12.5. The minimum Gasteiger partial charge on any atom is -0.480 e. The van der Waals surface area contributed by atoms with Crippen LogP contribution < -0.4 is 10.6 Å². The lowest BCUT2D eigenvalue weighted by molar-refractivity contribution is -0.144. The van der Waals surface area contributed by atoms with Crippen LogP contribution in [0.2, 0.25) is 0 Å². The van der Waals surface area contributed by atoms with E-state index in [0.717, 1.165) is 35.1 Å². The van der Waals surface area contributed by atoms with Gasteiger partial charge < -0.3 is 20.5 Å². The van der Waals surface area contributed by atoms with Gasteiger partial charge in [-0.15, -0.1) is 0 Å². The molecular weight excluding hydrogens is 444 g/mol. The lowest BCUT2D eigenvalue weighted by atomic mass is 9.96. The highest BCUT2D eigenvalue weighted by atomic mass is 16.5. The van der Waals surface area contributed by atoms with Gasteiger partial charge in [0.2, 0.25) is 5.91 Å². The highest BCUT2D eigenvalue weighted by Crippen LogP contribution is 2.44. The number of hydrogen-bond donors (Lipinski definition) is 3. The Morgan fingerprint density at radius 2 is 1.63 bits per heavy atom. The summed E-state index contributed by atoms with van der Waals surface area (Å²) in [6, 6.07) is 15.3. The number of rotatable bonds is 11. The number of carbonyl (C=O) groups excluding carboxylic acids is 2. The van der Waals surface area contributed by atoms with Crippen LogP contribution in [0, 0.1) is 17.8 Å². The minimum absolute atomic E-state index is 0.0365. The molecule has 2 aromatic rings. The molecule has 1 fully saturated rings. The van der Waals surface area contributed by atoms with Crippen molar-refractivity contribution >= 4 is 18.0 Å². The smallest absolute Gasteiger partial charge is 0.407 e. The molecule has 0 bridgehead atoms. The number of carboxylic acid groups (broad SMARTS) is 1. The molecule has 2 aromatic carbocycles. The van der Waals surface area contributed by atoms with Crippen LogP contribution >= 0.6 is 0 Å². The third-order valence-corrected chi connectivity index (χ3v) is 7.30. The fraction of sp³-hybridized carbons (Fsp3) is 0.464. The second-order valence-corrected chi connectivity index (χ2v) is 9.79. The zero-order valence-electron chi connectivity index (χ0n) is 20.3. The average Bonchev–Trinajstić information content (AvgIpc) is 3.63. The highest BCUT2D eigenvalue weighted by molar-refractivity contribution is 5.85. The lowest BCUT2D eigenvalue weighted by Crippen LogP contribution is -2.49. The Balaban J connectivity index is 1.35. The maximum atomic E-state index is 12.9. The number of ether oxygens (including phenoxy) is 1. The predicted octanol–water partition coefficient (Wildman–Crippen LogP) is 4.56. The first-order valence-corrected chi connectivity index (χ1v) is 12.5. The molecule has 0 spiro atoms. The fourth-order valence-corrected chi connectivity index (χ4v) is 4.85. The second kappa shape index (κ2) is 10.9. The average molecular weight is 479 g/mol. The second-order valence-electron chi connectivity index (χ2n) is 9.79. The summed E-state index contributed by atoms with van der Waals surface area (Å²) in [6.45, 7) is 4.03. The van der Waals surface area contributed by atoms with Gasteiger partial charge in [-0.3, -0.25) is 4.79 Å². The van der Waals surface area contributed by atoms with Crippen LogP contribution in [0.4, 0.5) is 4.79 Å². The summed E-state index contributed by atoms with van der Waals surface area (Å²) in [5.74, 6) is -1.64. The summed E-state index contributed by atoms with van der Waals surface area (Å²) in [7, 11) is 0. The first kappa shape index (κ1) is 24.8. The van der Waals surface area contributed by atoms with Gasteiger partial charge in [-0.25, -0.2) is 9.59 Å². The van der Waals surface area contributed by atoms with Gasteiger partial charge >= 0.3 is 12.1 Å². The molecule has 7 heteroatoms. The number of aliphatic carboxylic acids is 1. The first-order chi connectivity index (χ1) is 16.9. The fourth-order valence-electron chi connectivity index (χ4n) is 4.85. The van der Waals surface area contributed by atoms with Crippen LogP contribution in [0.3, 0.4) is 0 Å². The summed E-state index contributed by atoms with van der Waals surface area (Å²) in [4.78, 5) is 37.1. The standard InChI is InChI=1S/C28H34N2O5/c1-3-17(2)25(27(32)33)30-26(31)19(14-18-12-13-18)15-29-28(34)35-16-24-22-10-6-4-8-20(22)21-9-5-7-11-23(21)24/h4-11,17-19,24-25H,3,12-16H2,1-2H3,(H,29,34)(H,30,31)(H,32,33)/t17-,19?,25-/m0/s1. The third-order valence-electron chi connectivity index (χ3n) is 7.30. The molecule has 35 heavy (non-hydrogen) atoms. The molecule has 3 atom stereocenters. The molecule has 2 aliphatic carbocycles. The van der Waals surface area contributed by atoms with Crippen LogP contribution in [0.15, 0.2) is 48.5 Å². The molecule has 2 amide bonds. The lowest BCUT2D eigenvalue weighted by Gasteiger charge is -2.24. The van der Waals surface area contributed by atoms with Crippen molar-refractivity contribution in [2.45, 2.75) is 51.5 Å². The summed E-state index contributed by atoms with van der Waals surface area (Å²) in [5.41, 5.74) is 4.59. The van der Waals surface area contributed by atoms with Crippen molar-refractivity contribution in [1.29, 1.82) is 0 Å². The van der Waals surface area contributed by atoms with E-state index in [1.54, 1.807) is 0 Å². The molecule has 186 valence electrons. The number of benzene rings is 2. The van der Waals surface area contributed by atoms with E-state index in [2.05, 4.69) is 34.9 Å². The van der Waals surface area contributed by atoms with Crippen LogP contribution in [0.25, 0.3) is 11.1 Å². The van der Waals surface area contributed by atoms with E-state index in [0.29, 0.717) is 18.8 Å². The van der Waals surface area contributed by atoms with Gasteiger partial charge in [0.05, 0.1) is 5.92 Å². The Morgan fingerprint density at radius 1 is 1.03 bits per heavy atom. The molecular formula is C28H34N2O5. The number of carbonyl (C=O) groups is 3. The molecule has 0 saturated heterocycles. The van der Waals surface area contributed by atoms with E-state index in [-0.39, 0.29) is 30.9 Å². The molecule has 0 heterocycles. The van der Waals surface area contributed by atoms with E-state index in [9.17, 15) is 19.5 Å². The topological polar surface area (TPSA) is 105 Å². The van der Waals surface area contributed by atoms with Crippen LogP contribution in [-0.4, -0.2) is 42.3 Å². The van der Waals surface area contributed by atoms with Gasteiger partial charge in [0.15, 0.2) is 0 Å². The molecule has 3 N–H and O–H groups in total. The van der Waals surface area contributed by atoms with E-state index in [4.69, 9.17) is 4.74 Å². The number of carboxylic acids is 1. The molecule has 0 aromatic heterocycles. The Hall–Kier alpha value is -3.35. The number of hydrogen-bond acceptors (Lipinski definition) is 4. The molecule has 1 unspecified atom stereocenters. The zero-order valence-corrected chi connectivity index (χ0v) is 20.3. The molecule has 0 radical (unpaired) electrons. The van der Waals surface area contributed by atoms with Crippen molar-refractivity contribution in [2.24, 2.45) is 17.8 Å². The number of fused-ring (bicyclic) bond motifs is 3. The van der Waals surface area contributed by atoms with E-state index >= 15 is 0 Å². The van der Waals surface area contributed by atoms with Gasteiger partial charge in [0.1, 0.15) is 12.6 Å². The Kier molecular flexibility index (Phi) is 7.73. The molecule has 4 rings (SSSR count). The van der Waals surface area contributed by atoms with Gasteiger partial charge in [0.25, 0.3) is 0 Å². The Morgan fingerprint density at radius 3 is 2.17 bits per heavy atom. The molecule has 7 nitrogen and oxygen atoms in total. The van der Waals surface area contributed by atoms with Crippen molar-refractivity contribution in [3.05, 3.63) is 59.7 Å². The summed E-state index contributed by atoms with van der Waals surface area (Å²) < 4.78 is 5.59. The summed E-state index contributed by atoms with van der Waals surface area (Å²) >= 11 is 0. The Labute approximate surface area is 206 Å². The van der Waals surface area contributed by atoms with Crippen molar-refractivity contribution < 1.29 is 24.2 Å². The van der Waals surface area contributed by atoms with Crippen LogP contribution in [0.1, 0.15) is 56.6 Å². The van der Waals surface area contributed by atoms with Crippen molar-refractivity contribution in [1.82, 2.24) is 10.6 Å². The maximum Gasteiger partial charge on any atom is 0.407 e. The third kappa shape index (κ3) is 5.84. The van der Waals surface area contributed by atoms with Gasteiger partial charge in [-0.2, -0.15) is 0 Å². The number of nitrogens with one attached hydrogen (secondary N) is 2. The van der Waals surface area contributed by atoms with Gasteiger partial charge in [-0.1, -0.05) is 81.6 Å². The van der Waals surface area contributed by atoms with Crippen LogP contribution in [0.5, 0.6) is 0 Å². The monoisotopic (exact) mass is 478 g/mol. The summed E-state index contributed by atoms with van der Waals surface area (Å²) in [5, 5.41) is 15.0. The van der Waals surface area contributed by atoms with Crippen molar-refractivity contribution in [3.8, 4) is 11.1 Å². The molecule has 1 saturated carbocycles. The van der Waals surface area contributed by atoms with E-state index in [1.807, 2.05) is 38.1 Å². The van der Waals surface area contributed by atoms with Crippen molar-refractivity contribution in [3.63, 3.8) is 0 Å². The maximum absolute atomic E-state index is 12.9. The normalized spacial score (nSPS) is 17.0. The SMILES string of the molecule is CC[C@H](C)[C@H](NC(=O)C(CNC(=O)OCC1c2ccccc2-c2ccccc21)CC1CC1)C(=O)O. The highest BCUT2D eigenvalue weighted by Gasteiger charge is 2.33. The largest absolute Gasteiger partial charge is 0.480 e. The zero-order chi connectivity index (χ0) is 24.9. The van der Waals surface area contributed by atoms with Gasteiger partial charge in [0, 0.05) is 12.5 Å². The number of alkyl carbamates (subject to hydrolysis) is 1. The minimum atomic E-state index is -1.04. The van der Waals surface area contributed by atoms with Gasteiger partial charge in [-0.05, 0) is 40.5 Å². The van der Waals surface area contributed by atoms with Crippen LogP contribution in [-0.2, 0) is 14.3 Å². The number of amides is 2.